The zero-order chi connectivity index (χ0) is 15.5. The zero-order valence-corrected chi connectivity index (χ0v) is 14.7. The van der Waals surface area contributed by atoms with E-state index in [1.54, 1.807) is 11.8 Å². The van der Waals surface area contributed by atoms with Crippen LogP contribution in [0.1, 0.15) is 16.7 Å². The molecule has 0 bridgehead atoms. The Labute approximate surface area is 142 Å². The number of hydrogen-bond acceptors (Lipinski definition) is 4. The first-order valence-electron chi connectivity index (χ1n) is 6.89. The van der Waals surface area contributed by atoms with Crippen molar-refractivity contribution in [2.75, 3.05) is 0 Å². The first-order valence-corrected chi connectivity index (χ1v) is 8.67. The second kappa shape index (κ2) is 6.67. The molecule has 0 aliphatic carbocycles. The van der Waals surface area contributed by atoms with E-state index in [4.69, 9.17) is 4.42 Å². The molecule has 0 spiro atoms. The first kappa shape index (κ1) is 15.3. The summed E-state index contributed by atoms with van der Waals surface area (Å²) < 4.78 is 6.72. The smallest absolute Gasteiger partial charge is 0.277 e. The zero-order valence-electron chi connectivity index (χ0n) is 12.3. The lowest BCUT2D eigenvalue weighted by Crippen LogP contribution is -1.85. The number of thioether (sulfide) groups is 1. The quantitative estimate of drug-likeness (QED) is 0.572. The van der Waals surface area contributed by atoms with E-state index in [1.807, 2.05) is 24.3 Å². The van der Waals surface area contributed by atoms with Gasteiger partial charge in [-0.1, -0.05) is 63.1 Å². The van der Waals surface area contributed by atoms with Gasteiger partial charge in [-0.15, -0.1) is 10.2 Å². The van der Waals surface area contributed by atoms with Crippen LogP contribution in [0.4, 0.5) is 0 Å². The summed E-state index contributed by atoms with van der Waals surface area (Å²) in [6, 6.07) is 14.4. The molecule has 1 aromatic heterocycles. The Hall–Kier alpha value is -1.59. The molecular weight excluding hydrogens is 360 g/mol. The Morgan fingerprint density at radius 1 is 1.05 bits per heavy atom. The highest BCUT2D eigenvalue weighted by molar-refractivity contribution is 9.10. The van der Waals surface area contributed by atoms with Crippen LogP contribution in [0.3, 0.4) is 0 Å². The lowest BCUT2D eigenvalue weighted by atomic mass is 10.1. The molecule has 0 aliphatic rings. The third-order valence-electron chi connectivity index (χ3n) is 3.12. The standard InChI is InChI=1S/C17H15BrN2OS/c1-11-6-12(2)8-13(7-11)10-22-17-20-19-16(21-17)14-4-3-5-15(18)9-14/h3-9H,10H2,1-2H3. The minimum absolute atomic E-state index is 0.546. The van der Waals surface area contributed by atoms with Gasteiger partial charge >= 0.3 is 0 Å². The van der Waals surface area contributed by atoms with Crippen LogP contribution in [-0.4, -0.2) is 10.2 Å². The van der Waals surface area contributed by atoms with Gasteiger partial charge in [-0.2, -0.15) is 0 Å². The Morgan fingerprint density at radius 3 is 2.55 bits per heavy atom. The number of aromatic nitrogens is 2. The van der Waals surface area contributed by atoms with Crippen molar-refractivity contribution in [1.82, 2.24) is 10.2 Å². The molecule has 22 heavy (non-hydrogen) atoms. The van der Waals surface area contributed by atoms with Crippen molar-refractivity contribution in [3.63, 3.8) is 0 Å². The van der Waals surface area contributed by atoms with Crippen molar-refractivity contribution >= 4 is 27.7 Å². The molecule has 2 aromatic carbocycles. The molecule has 0 unspecified atom stereocenters. The fourth-order valence-corrected chi connectivity index (χ4v) is 3.40. The highest BCUT2D eigenvalue weighted by Gasteiger charge is 2.09. The second-order valence-corrected chi connectivity index (χ2v) is 7.01. The van der Waals surface area contributed by atoms with Crippen LogP contribution < -0.4 is 0 Å². The molecule has 3 rings (SSSR count). The number of halogens is 1. The largest absolute Gasteiger partial charge is 0.411 e. The Bertz CT molecular complexity index is 781. The summed E-state index contributed by atoms with van der Waals surface area (Å²) in [4.78, 5) is 0. The normalized spacial score (nSPS) is 10.9. The van der Waals surface area contributed by atoms with Crippen LogP contribution in [0.5, 0.6) is 0 Å². The molecule has 0 N–H and O–H groups in total. The van der Waals surface area contributed by atoms with Crippen LogP contribution in [-0.2, 0) is 5.75 Å². The maximum absolute atomic E-state index is 5.73. The minimum Gasteiger partial charge on any atom is -0.411 e. The van der Waals surface area contributed by atoms with Gasteiger partial charge in [-0.3, -0.25) is 0 Å². The summed E-state index contributed by atoms with van der Waals surface area (Å²) in [7, 11) is 0. The lowest BCUT2D eigenvalue weighted by Gasteiger charge is -2.02. The van der Waals surface area contributed by atoms with Crippen LogP contribution in [0.15, 0.2) is 56.6 Å². The average Bonchev–Trinajstić information content (AvgIpc) is 2.93. The third kappa shape index (κ3) is 3.78. The molecule has 5 heteroatoms. The molecule has 0 aliphatic heterocycles. The van der Waals surface area contributed by atoms with Crippen LogP contribution in [0.25, 0.3) is 11.5 Å². The summed E-state index contributed by atoms with van der Waals surface area (Å²) in [5.41, 5.74) is 4.73. The Balaban J connectivity index is 1.72. The molecule has 112 valence electrons. The van der Waals surface area contributed by atoms with Crippen LogP contribution in [0, 0.1) is 13.8 Å². The van der Waals surface area contributed by atoms with E-state index in [0.29, 0.717) is 11.1 Å². The van der Waals surface area contributed by atoms with E-state index in [1.165, 1.54) is 16.7 Å². The first-order chi connectivity index (χ1) is 10.6. The molecule has 0 saturated carbocycles. The SMILES string of the molecule is Cc1cc(C)cc(CSc2nnc(-c3cccc(Br)c3)o2)c1. The van der Waals surface area contributed by atoms with Gasteiger partial charge in [-0.25, -0.2) is 0 Å². The second-order valence-electron chi connectivity index (χ2n) is 5.17. The minimum atomic E-state index is 0.546. The molecule has 0 atom stereocenters. The molecule has 3 nitrogen and oxygen atoms in total. The summed E-state index contributed by atoms with van der Waals surface area (Å²) in [5.74, 6) is 1.37. The lowest BCUT2D eigenvalue weighted by molar-refractivity contribution is 0.466. The molecule has 0 amide bonds. The average molecular weight is 375 g/mol. The maximum Gasteiger partial charge on any atom is 0.277 e. The molecular formula is C17H15BrN2OS. The number of aryl methyl sites for hydroxylation is 2. The van der Waals surface area contributed by atoms with Crippen LogP contribution >= 0.6 is 27.7 Å². The maximum atomic E-state index is 5.73. The molecule has 0 fully saturated rings. The van der Waals surface area contributed by atoms with Crippen molar-refractivity contribution in [3.8, 4) is 11.5 Å². The predicted molar refractivity (Wildman–Crippen MR) is 92.9 cm³/mol. The van der Waals surface area contributed by atoms with E-state index in [-0.39, 0.29) is 0 Å². The van der Waals surface area contributed by atoms with E-state index in [2.05, 4.69) is 58.2 Å². The number of benzene rings is 2. The van der Waals surface area contributed by atoms with Crippen molar-refractivity contribution in [2.24, 2.45) is 0 Å². The summed E-state index contributed by atoms with van der Waals surface area (Å²) in [5, 5.41) is 8.82. The van der Waals surface area contributed by atoms with Gasteiger partial charge in [0.25, 0.3) is 5.22 Å². The Morgan fingerprint density at radius 2 is 1.82 bits per heavy atom. The highest BCUT2D eigenvalue weighted by Crippen LogP contribution is 2.27. The monoisotopic (exact) mass is 374 g/mol. The van der Waals surface area contributed by atoms with Gasteiger partial charge in [0, 0.05) is 15.8 Å². The molecule has 0 saturated heterocycles. The summed E-state index contributed by atoms with van der Waals surface area (Å²) in [6.07, 6.45) is 0. The molecule has 1 heterocycles. The van der Waals surface area contributed by atoms with Gasteiger partial charge < -0.3 is 4.42 Å². The predicted octanol–water partition coefficient (Wildman–Crippen LogP) is 5.41. The van der Waals surface area contributed by atoms with Crippen molar-refractivity contribution in [3.05, 3.63) is 63.6 Å². The summed E-state index contributed by atoms with van der Waals surface area (Å²) >= 11 is 5.00. The molecule has 0 radical (unpaired) electrons. The van der Waals surface area contributed by atoms with E-state index < -0.39 is 0 Å². The van der Waals surface area contributed by atoms with Gasteiger partial charge in [0.15, 0.2) is 0 Å². The van der Waals surface area contributed by atoms with E-state index in [9.17, 15) is 0 Å². The number of hydrogen-bond donors (Lipinski definition) is 0. The van der Waals surface area contributed by atoms with Crippen molar-refractivity contribution < 1.29 is 4.42 Å². The number of rotatable bonds is 4. The van der Waals surface area contributed by atoms with E-state index >= 15 is 0 Å². The molecule has 3 aromatic rings. The highest BCUT2D eigenvalue weighted by atomic mass is 79.9. The number of nitrogens with zero attached hydrogens (tertiary/aromatic N) is 2. The fourth-order valence-electron chi connectivity index (χ4n) is 2.30. The van der Waals surface area contributed by atoms with Crippen LogP contribution in [0.2, 0.25) is 0 Å². The van der Waals surface area contributed by atoms with Crippen molar-refractivity contribution in [1.29, 1.82) is 0 Å². The Kier molecular flexibility index (Phi) is 4.64. The van der Waals surface area contributed by atoms with Gasteiger partial charge in [-0.05, 0) is 37.6 Å². The van der Waals surface area contributed by atoms with Gasteiger partial charge in [0.2, 0.25) is 5.89 Å². The third-order valence-corrected chi connectivity index (χ3v) is 4.50. The van der Waals surface area contributed by atoms with Gasteiger partial charge in [0.05, 0.1) is 0 Å². The summed E-state index contributed by atoms with van der Waals surface area (Å²) in [6.45, 7) is 4.22. The van der Waals surface area contributed by atoms with Gasteiger partial charge in [0.1, 0.15) is 0 Å². The van der Waals surface area contributed by atoms with Crippen molar-refractivity contribution in [2.45, 2.75) is 24.8 Å². The van der Waals surface area contributed by atoms with E-state index in [0.717, 1.165) is 15.8 Å². The fraction of sp³-hybridized carbons (Fsp3) is 0.176. The topological polar surface area (TPSA) is 38.9 Å².